The molecule has 0 atom stereocenters. The highest BCUT2D eigenvalue weighted by molar-refractivity contribution is 6.30. The van der Waals surface area contributed by atoms with E-state index in [-0.39, 0.29) is 5.75 Å². The molecule has 0 spiro atoms. The molecule has 4 rings (SSSR count). The van der Waals surface area contributed by atoms with Crippen LogP contribution in [0.1, 0.15) is 6.92 Å². The smallest absolute Gasteiger partial charge is 0.394 e. The lowest BCUT2D eigenvalue weighted by Gasteiger charge is -2.13. The van der Waals surface area contributed by atoms with Gasteiger partial charge < -0.3 is 10.1 Å². The van der Waals surface area contributed by atoms with Crippen molar-refractivity contribution in [3.8, 4) is 16.9 Å². The predicted octanol–water partition coefficient (Wildman–Crippen LogP) is 5.78. The normalized spacial score (nSPS) is 11.6. The fraction of sp³-hybridized carbons (Fsp3) is 0.100. The van der Waals surface area contributed by atoms with Gasteiger partial charge in [-0.1, -0.05) is 29.8 Å². The third kappa shape index (κ3) is 4.04. The van der Waals surface area contributed by atoms with Crippen LogP contribution in [-0.2, 0) is 0 Å². The molecule has 0 aliphatic carbocycles. The Bertz CT molecular complexity index is 1140. The maximum atomic E-state index is 13.2. The van der Waals surface area contributed by atoms with Gasteiger partial charge in [0.1, 0.15) is 11.6 Å². The van der Waals surface area contributed by atoms with E-state index in [4.69, 9.17) is 11.6 Å². The van der Waals surface area contributed by atoms with Gasteiger partial charge in [-0.3, -0.25) is 0 Å². The van der Waals surface area contributed by atoms with Crippen molar-refractivity contribution in [2.24, 2.45) is 0 Å². The van der Waals surface area contributed by atoms with E-state index in [1.165, 1.54) is 12.1 Å². The highest BCUT2D eigenvalue weighted by atomic mass is 35.5. The fourth-order valence-electron chi connectivity index (χ4n) is 2.79. The zero-order chi connectivity index (χ0) is 19.7. The first-order valence-corrected chi connectivity index (χ1v) is 8.79. The van der Waals surface area contributed by atoms with Gasteiger partial charge in [0, 0.05) is 29.4 Å². The summed E-state index contributed by atoms with van der Waals surface area (Å²) in [5, 5.41) is 8.08. The number of nitrogens with zero attached hydrogens (tertiary/aromatic N) is 3. The Labute approximate surface area is 164 Å². The lowest BCUT2D eigenvalue weighted by molar-refractivity contribution is -0.158. The third-order valence-electron chi connectivity index (χ3n) is 3.91. The molecule has 1 N–H and O–H groups in total. The van der Waals surface area contributed by atoms with Crippen LogP contribution in [0.3, 0.4) is 0 Å². The summed E-state index contributed by atoms with van der Waals surface area (Å²) in [4.78, 5) is 4.60. The van der Waals surface area contributed by atoms with Crippen LogP contribution in [0.25, 0.3) is 16.8 Å². The van der Waals surface area contributed by atoms with E-state index in [9.17, 15) is 8.78 Å². The van der Waals surface area contributed by atoms with E-state index >= 15 is 0 Å². The summed E-state index contributed by atoms with van der Waals surface area (Å²) < 4.78 is 32.6. The Hall–Kier alpha value is -3.19. The molecule has 0 saturated heterocycles. The van der Waals surface area contributed by atoms with E-state index in [0.717, 1.165) is 5.69 Å². The maximum Gasteiger partial charge on any atom is 0.394 e. The molecule has 0 fully saturated rings. The van der Waals surface area contributed by atoms with Gasteiger partial charge in [-0.05, 0) is 42.0 Å². The highest BCUT2D eigenvalue weighted by Crippen LogP contribution is 2.30. The second-order valence-electron chi connectivity index (χ2n) is 6.21. The van der Waals surface area contributed by atoms with Gasteiger partial charge in [0.2, 0.25) is 0 Å². The second-order valence-corrected chi connectivity index (χ2v) is 6.65. The minimum atomic E-state index is -3.26. The molecule has 0 amide bonds. The maximum absolute atomic E-state index is 13.2. The first-order valence-electron chi connectivity index (χ1n) is 8.42. The number of fused-ring (bicyclic) bond motifs is 1. The molecule has 2 aromatic carbocycles. The summed E-state index contributed by atoms with van der Waals surface area (Å²) in [6.07, 6.45) is 0.139. The Morgan fingerprint density at radius 3 is 2.71 bits per heavy atom. The second kappa shape index (κ2) is 7.09. The van der Waals surface area contributed by atoms with E-state index in [1.807, 2.05) is 12.1 Å². The SMILES string of the molecule is CC(F)(F)Oc1cccc(-c2cnn3ccc(Nc4cccc(Cl)c4)nc23)c1. The van der Waals surface area contributed by atoms with Gasteiger partial charge >= 0.3 is 6.11 Å². The Morgan fingerprint density at radius 2 is 1.93 bits per heavy atom. The van der Waals surface area contributed by atoms with Crippen LogP contribution in [-0.4, -0.2) is 20.7 Å². The van der Waals surface area contributed by atoms with Crippen LogP contribution >= 0.6 is 11.6 Å². The summed E-state index contributed by atoms with van der Waals surface area (Å²) >= 11 is 6.01. The average Bonchev–Trinajstić information content (AvgIpc) is 3.04. The molecular formula is C20H15ClF2N4O. The topological polar surface area (TPSA) is 51.5 Å². The number of nitrogens with one attached hydrogen (secondary N) is 1. The molecule has 0 aliphatic rings. The zero-order valence-corrected chi connectivity index (χ0v) is 15.5. The van der Waals surface area contributed by atoms with Gasteiger partial charge in [0.25, 0.3) is 0 Å². The Kier molecular flexibility index (Phi) is 4.60. The van der Waals surface area contributed by atoms with Gasteiger partial charge in [-0.25, -0.2) is 9.50 Å². The molecule has 28 heavy (non-hydrogen) atoms. The standard InChI is InChI=1S/C20H15ClF2N4O/c1-20(22,23)28-16-7-2-4-13(10-16)17-12-24-27-9-8-18(26-19(17)27)25-15-6-3-5-14(21)11-15/h2-12H,1H3,(H,25,26). The number of halogens is 3. The number of benzene rings is 2. The third-order valence-corrected chi connectivity index (χ3v) is 4.14. The summed E-state index contributed by atoms with van der Waals surface area (Å²) in [5.74, 6) is 0.668. The monoisotopic (exact) mass is 400 g/mol. The molecule has 8 heteroatoms. The first kappa shape index (κ1) is 18.2. The molecular weight excluding hydrogens is 386 g/mol. The van der Waals surface area contributed by atoms with Crippen molar-refractivity contribution in [1.29, 1.82) is 0 Å². The van der Waals surface area contributed by atoms with Crippen LogP contribution in [0.4, 0.5) is 20.3 Å². The van der Waals surface area contributed by atoms with Crippen molar-refractivity contribution in [3.05, 3.63) is 72.0 Å². The first-order chi connectivity index (χ1) is 13.4. The zero-order valence-electron chi connectivity index (χ0n) is 14.7. The number of ether oxygens (including phenoxy) is 1. The number of alkyl halides is 2. The van der Waals surface area contributed by atoms with Gasteiger partial charge in [-0.15, -0.1) is 0 Å². The van der Waals surface area contributed by atoms with E-state index in [0.29, 0.717) is 34.5 Å². The molecule has 142 valence electrons. The van der Waals surface area contributed by atoms with Crippen LogP contribution in [0, 0.1) is 0 Å². The van der Waals surface area contributed by atoms with Crippen molar-refractivity contribution < 1.29 is 13.5 Å². The Morgan fingerprint density at radius 1 is 1.11 bits per heavy atom. The predicted molar refractivity (Wildman–Crippen MR) is 104 cm³/mol. The van der Waals surface area contributed by atoms with Crippen molar-refractivity contribution >= 4 is 28.8 Å². The average molecular weight is 401 g/mol. The molecule has 0 unspecified atom stereocenters. The summed E-state index contributed by atoms with van der Waals surface area (Å²) in [5.41, 5.74) is 2.74. The van der Waals surface area contributed by atoms with Crippen LogP contribution in [0.15, 0.2) is 67.0 Å². The van der Waals surface area contributed by atoms with Gasteiger partial charge in [0.05, 0.1) is 6.20 Å². The highest BCUT2D eigenvalue weighted by Gasteiger charge is 2.23. The summed E-state index contributed by atoms with van der Waals surface area (Å²) in [6.45, 7) is 0.699. The van der Waals surface area contributed by atoms with Crippen molar-refractivity contribution in [3.63, 3.8) is 0 Å². The van der Waals surface area contributed by atoms with Crippen LogP contribution in [0.5, 0.6) is 5.75 Å². The number of anilines is 2. The van der Waals surface area contributed by atoms with Gasteiger partial charge in [0.15, 0.2) is 5.65 Å². The van der Waals surface area contributed by atoms with Crippen molar-refractivity contribution in [2.75, 3.05) is 5.32 Å². The van der Waals surface area contributed by atoms with E-state index in [2.05, 4.69) is 20.1 Å². The van der Waals surface area contributed by atoms with Crippen molar-refractivity contribution in [2.45, 2.75) is 13.0 Å². The molecule has 0 aliphatic heterocycles. The number of rotatable bonds is 5. The summed E-state index contributed by atoms with van der Waals surface area (Å²) in [6, 6.07) is 15.5. The fourth-order valence-corrected chi connectivity index (χ4v) is 2.98. The number of hydrogen-bond acceptors (Lipinski definition) is 4. The summed E-state index contributed by atoms with van der Waals surface area (Å²) in [7, 11) is 0. The Balaban J connectivity index is 1.70. The quantitative estimate of drug-likeness (QED) is 0.461. The van der Waals surface area contributed by atoms with E-state index < -0.39 is 6.11 Å². The minimum Gasteiger partial charge on any atom is -0.433 e. The van der Waals surface area contributed by atoms with Crippen LogP contribution in [0.2, 0.25) is 5.02 Å². The molecule has 0 radical (unpaired) electrons. The molecule has 2 heterocycles. The largest absolute Gasteiger partial charge is 0.433 e. The van der Waals surface area contributed by atoms with Crippen molar-refractivity contribution in [1.82, 2.24) is 14.6 Å². The number of hydrogen-bond donors (Lipinski definition) is 1. The molecule has 2 aromatic heterocycles. The van der Waals surface area contributed by atoms with Gasteiger partial charge in [-0.2, -0.15) is 13.9 Å². The van der Waals surface area contributed by atoms with E-state index in [1.54, 1.807) is 47.2 Å². The molecule has 5 nitrogen and oxygen atoms in total. The minimum absolute atomic E-state index is 0.0672. The molecule has 0 saturated carbocycles. The molecule has 4 aromatic rings. The van der Waals surface area contributed by atoms with Crippen LogP contribution < -0.4 is 10.1 Å². The lowest BCUT2D eigenvalue weighted by atomic mass is 10.1. The lowest BCUT2D eigenvalue weighted by Crippen LogP contribution is -2.18. The molecule has 0 bridgehead atoms. The number of aromatic nitrogens is 3.